The average Bonchev–Trinajstić information content (AvgIpc) is 2.78. The minimum absolute atomic E-state index is 0.150. The van der Waals surface area contributed by atoms with E-state index >= 15 is 0 Å². The minimum atomic E-state index is -2.75. The first-order valence-electron chi connectivity index (χ1n) is 11.5. The summed E-state index contributed by atoms with van der Waals surface area (Å²) in [5.41, 5.74) is 7.41. The van der Waals surface area contributed by atoms with Gasteiger partial charge >= 0.3 is 0 Å². The fraction of sp³-hybridized carbons (Fsp3) is 0.321. The van der Waals surface area contributed by atoms with E-state index in [1.165, 1.54) is 10.4 Å². The van der Waals surface area contributed by atoms with Crippen molar-refractivity contribution >= 4 is 46.2 Å². The van der Waals surface area contributed by atoms with Gasteiger partial charge in [0.2, 0.25) is 0 Å². The molecular formula is C28H35BrN2O2Si. The number of nitrogens with one attached hydrogen (secondary N) is 1. The highest BCUT2D eigenvalue weighted by atomic mass is 79.9. The van der Waals surface area contributed by atoms with Crippen molar-refractivity contribution in [3.8, 4) is 0 Å². The van der Waals surface area contributed by atoms with Crippen LogP contribution >= 0.6 is 15.9 Å². The van der Waals surface area contributed by atoms with E-state index in [2.05, 4.69) is 90.5 Å². The Morgan fingerprint density at radius 2 is 1.44 bits per heavy atom. The molecule has 0 aliphatic heterocycles. The molecule has 0 radical (unpaired) electrons. The van der Waals surface area contributed by atoms with Crippen molar-refractivity contribution in [2.45, 2.75) is 52.2 Å². The van der Waals surface area contributed by atoms with Crippen molar-refractivity contribution in [1.29, 1.82) is 0 Å². The summed E-state index contributed by atoms with van der Waals surface area (Å²) in [4.78, 5) is 13.1. The lowest BCUT2D eigenvalue weighted by Crippen LogP contribution is -2.69. The van der Waals surface area contributed by atoms with Crippen LogP contribution in [0.4, 0.5) is 5.69 Å². The molecule has 0 aromatic heterocycles. The van der Waals surface area contributed by atoms with E-state index in [9.17, 15) is 4.79 Å². The Balaban J connectivity index is 1.97. The van der Waals surface area contributed by atoms with Gasteiger partial charge in [0.15, 0.2) is 0 Å². The van der Waals surface area contributed by atoms with E-state index < -0.39 is 13.9 Å². The first kappa shape index (κ1) is 26.2. The molecule has 180 valence electrons. The summed E-state index contributed by atoms with van der Waals surface area (Å²) < 4.78 is 7.93. The molecule has 34 heavy (non-hydrogen) atoms. The topological polar surface area (TPSA) is 64.4 Å². The van der Waals surface area contributed by atoms with Gasteiger partial charge in [-0.05, 0) is 69.8 Å². The maximum Gasteiger partial charge on any atom is 0.261 e. The maximum atomic E-state index is 13.1. The highest BCUT2D eigenvalue weighted by Crippen LogP contribution is 2.39. The van der Waals surface area contributed by atoms with Crippen molar-refractivity contribution in [2.75, 3.05) is 12.3 Å². The first-order chi connectivity index (χ1) is 15.9. The number of hydrogen-bond acceptors (Lipinski definition) is 3. The molecule has 3 rings (SSSR count). The summed E-state index contributed by atoms with van der Waals surface area (Å²) in [6, 6.07) is 24.8. The third-order valence-corrected chi connectivity index (χ3v) is 12.0. The Morgan fingerprint density at radius 1 is 0.941 bits per heavy atom. The van der Waals surface area contributed by atoms with Gasteiger partial charge in [0, 0.05) is 11.0 Å². The molecule has 3 N–H and O–H groups in total. The quantitative estimate of drug-likeness (QED) is 0.311. The third-order valence-electron chi connectivity index (χ3n) is 6.04. The lowest BCUT2D eigenvalue weighted by atomic mass is 10.1. The second-order valence-corrected chi connectivity index (χ2v) is 15.5. The van der Waals surface area contributed by atoms with Gasteiger partial charge in [-0.15, -0.1) is 0 Å². The highest BCUT2D eigenvalue weighted by Gasteiger charge is 2.52. The molecule has 0 heterocycles. The van der Waals surface area contributed by atoms with Crippen molar-refractivity contribution in [1.82, 2.24) is 5.32 Å². The number of amides is 1. The van der Waals surface area contributed by atoms with Crippen LogP contribution in [0.2, 0.25) is 5.04 Å². The Hall–Kier alpha value is -2.41. The van der Waals surface area contributed by atoms with Crippen molar-refractivity contribution in [2.24, 2.45) is 0 Å². The molecule has 0 atom stereocenters. The third kappa shape index (κ3) is 5.45. The van der Waals surface area contributed by atoms with Crippen LogP contribution in [0.1, 0.15) is 50.5 Å². The molecule has 0 unspecified atom stereocenters. The number of nitrogen functional groups attached to an aromatic ring is 1. The van der Waals surface area contributed by atoms with E-state index in [0.717, 1.165) is 10.0 Å². The van der Waals surface area contributed by atoms with E-state index in [0.29, 0.717) is 17.8 Å². The van der Waals surface area contributed by atoms with Crippen LogP contribution in [0.25, 0.3) is 0 Å². The predicted octanol–water partition coefficient (Wildman–Crippen LogP) is 5.42. The first-order valence-corrected chi connectivity index (χ1v) is 14.2. The van der Waals surface area contributed by atoms with E-state index in [1.807, 2.05) is 45.0 Å². The summed E-state index contributed by atoms with van der Waals surface area (Å²) in [5, 5.41) is 5.34. The van der Waals surface area contributed by atoms with Crippen LogP contribution < -0.4 is 21.4 Å². The molecule has 6 heteroatoms. The summed E-state index contributed by atoms with van der Waals surface area (Å²) in [7, 11) is -2.75. The standard InChI is InChI=1S/C28H35BrN2O2Si/c1-20-17-23(25(30)24(29)18-20)26(32)31-19-28(5,6)33-34(27(2,3)4,21-13-9-7-10-14-21)22-15-11-8-12-16-22/h7-18H,19,30H2,1-6H3,(H,31,32). The zero-order chi connectivity index (χ0) is 25.1. The number of hydrogen-bond donors (Lipinski definition) is 2. The Kier molecular flexibility index (Phi) is 7.75. The van der Waals surface area contributed by atoms with Gasteiger partial charge in [0.1, 0.15) is 0 Å². The van der Waals surface area contributed by atoms with Gasteiger partial charge < -0.3 is 15.5 Å². The van der Waals surface area contributed by atoms with Crippen LogP contribution in [0, 0.1) is 6.92 Å². The normalized spacial score (nSPS) is 12.4. The summed E-state index contributed by atoms with van der Waals surface area (Å²) in [6.07, 6.45) is 0. The van der Waals surface area contributed by atoms with Crippen LogP contribution in [0.15, 0.2) is 77.3 Å². The molecule has 0 saturated carbocycles. The van der Waals surface area contributed by atoms with Gasteiger partial charge in [0.25, 0.3) is 14.2 Å². The number of carbonyl (C=O) groups excluding carboxylic acids is 1. The van der Waals surface area contributed by atoms with Crippen LogP contribution in [-0.4, -0.2) is 26.4 Å². The van der Waals surface area contributed by atoms with Gasteiger partial charge in [-0.2, -0.15) is 0 Å². The second-order valence-electron chi connectivity index (χ2n) is 10.4. The fourth-order valence-electron chi connectivity index (χ4n) is 4.43. The molecule has 0 fully saturated rings. The van der Waals surface area contributed by atoms with Crippen LogP contribution in [0.5, 0.6) is 0 Å². The van der Waals surface area contributed by atoms with E-state index in [-0.39, 0.29) is 10.9 Å². The van der Waals surface area contributed by atoms with E-state index in [4.69, 9.17) is 10.2 Å². The fourth-order valence-corrected chi connectivity index (χ4v) is 9.84. The van der Waals surface area contributed by atoms with Crippen molar-refractivity contribution in [3.63, 3.8) is 0 Å². The predicted molar refractivity (Wildman–Crippen MR) is 148 cm³/mol. The average molecular weight is 540 g/mol. The molecule has 0 saturated heterocycles. The van der Waals surface area contributed by atoms with Crippen molar-refractivity contribution in [3.05, 3.63) is 88.4 Å². The second kappa shape index (κ2) is 10.1. The van der Waals surface area contributed by atoms with Gasteiger partial charge in [-0.1, -0.05) is 81.4 Å². The van der Waals surface area contributed by atoms with Gasteiger partial charge in [-0.3, -0.25) is 4.79 Å². The molecule has 0 aliphatic carbocycles. The van der Waals surface area contributed by atoms with E-state index in [1.54, 1.807) is 0 Å². The largest absolute Gasteiger partial charge is 0.401 e. The molecule has 0 spiro atoms. The Morgan fingerprint density at radius 3 is 1.91 bits per heavy atom. The Labute approximate surface area is 213 Å². The number of benzene rings is 3. The molecular weight excluding hydrogens is 504 g/mol. The maximum absolute atomic E-state index is 13.1. The summed E-state index contributed by atoms with van der Waals surface area (Å²) in [5.74, 6) is -0.207. The zero-order valence-corrected chi connectivity index (χ0v) is 23.5. The number of carbonyl (C=O) groups is 1. The monoisotopic (exact) mass is 538 g/mol. The molecule has 1 amide bonds. The SMILES string of the molecule is Cc1cc(Br)c(N)c(C(=O)NCC(C)(C)O[Si](c2ccccc2)(c2ccccc2)C(C)(C)C)c1. The summed E-state index contributed by atoms with van der Waals surface area (Å²) >= 11 is 3.44. The van der Waals surface area contributed by atoms with Crippen molar-refractivity contribution < 1.29 is 9.22 Å². The summed E-state index contributed by atoms with van der Waals surface area (Å²) in [6.45, 7) is 13.1. The smallest absolute Gasteiger partial charge is 0.261 e. The lowest BCUT2D eigenvalue weighted by Gasteiger charge is -2.47. The molecule has 4 nitrogen and oxygen atoms in total. The number of anilines is 1. The number of rotatable bonds is 7. The van der Waals surface area contributed by atoms with Crippen LogP contribution in [0.3, 0.4) is 0 Å². The van der Waals surface area contributed by atoms with Gasteiger partial charge in [0.05, 0.1) is 16.9 Å². The van der Waals surface area contributed by atoms with Gasteiger partial charge in [-0.25, -0.2) is 0 Å². The molecule has 0 aliphatic rings. The zero-order valence-electron chi connectivity index (χ0n) is 20.9. The number of nitrogens with two attached hydrogens (primary N) is 1. The molecule has 3 aromatic carbocycles. The number of halogens is 1. The molecule has 0 bridgehead atoms. The minimum Gasteiger partial charge on any atom is -0.401 e. The lowest BCUT2D eigenvalue weighted by molar-refractivity contribution is 0.0783. The number of aryl methyl sites for hydroxylation is 1. The Bertz CT molecular complexity index is 1100. The molecule has 3 aromatic rings. The highest BCUT2D eigenvalue weighted by molar-refractivity contribution is 9.10. The van der Waals surface area contributed by atoms with Crippen LogP contribution in [-0.2, 0) is 4.43 Å².